The van der Waals surface area contributed by atoms with Gasteiger partial charge in [-0.1, -0.05) is 12.1 Å². The van der Waals surface area contributed by atoms with Crippen LogP contribution in [-0.2, 0) is 16.1 Å². The quantitative estimate of drug-likeness (QED) is 0.840. The van der Waals surface area contributed by atoms with E-state index in [2.05, 4.69) is 15.4 Å². The maximum absolute atomic E-state index is 12.0. The molecule has 0 bridgehead atoms. The Kier molecular flexibility index (Phi) is 6.21. The van der Waals surface area contributed by atoms with Crippen LogP contribution in [0.5, 0.6) is 5.75 Å². The Morgan fingerprint density at radius 1 is 1.23 bits per heavy atom. The third kappa shape index (κ3) is 6.96. The average Bonchev–Trinajstić information content (AvgIpc) is 2.42. The van der Waals surface area contributed by atoms with Crippen molar-refractivity contribution in [1.82, 2.24) is 10.6 Å². The van der Waals surface area contributed by atoms with Crippen molar-refractivity contribution in [2.75, 3.05) is 6.61 Å². The molecule has 1 aromatic rings. The third-order valence-electron chi connectivity index (χ3n) is 2.61. The lowest BCUT2D eigenvalue weighted by Crippen LogP contribution is -2.43. The summed E-state index contributed by atoms with van der Waals surface area (Å²) >= 11 is 0. The predicted octanol–water partition coefficient (Wildman–Crippen LogP) is 1.77. The van der Waals surface area contributed by atoms with Gasteiger partial charge in [0.2, 0.25) is 11.8 Å². The van der Waals surface area contributed by atoms with E-state index in [1.807, 2.05) is 0 Å². The molecule has 122 valence electrons. The van der Waals surface area contributed by atoms with E-state index in [1.165, 1.54) is 19.1 Å². The molecule has 0 saturated heterocycles. The number of ether oxygens (including phenoxy) is 1. The summed E-state index contributed by atoms with van der Waals surface area (Å²) in [5.41, 5.74) is 0.697. The Bertz CT molecular complexity index is 515. The fourth-order valence-corrected chi connectivity index (χ4v) is 1.58. The van der Waals surface area contributed by atoms with Gasteiger partial charge in [0.15, 0.2) is 6.61 Å². The molecule has 0 aliphatic heterocycles. The highest BCUT2D eigenvalue weighted by Gasteiger charge is 2.28. The molecule has 1 unspecified atom stereocenters. The maximum atomic E-state index is 12.0. The second kappa shape index (κ2) is 7.67. The molecular weight excluding hydrogens is 301 g/mol. The average molecular weight is 318 g/mol. The molecular formula is C14H17F3N2O3. The van der Waals surface area contributed by atoms with Gasteiger partial charge in [-0.05, 0) is 24.6 Å². The molecule has 0 radical (unpaired) electrons. The number of halogens is 3. The van der Waals surface area contributed by atoms with Gasteiger partial charge in [0.25, 0.3) is 0 Å². The molecule has 0 heterocycles. The molecule has 0 fully saturated rings. The number of benzene rings is 1. The molecule has 0 spiro atoms. The molecule has 22 heavy (non-hydrogen) atoms. The predicted molar refractivity (Wildman–Crippen MR) is 73.1 cm³/mol. The van der Waals surface area contributed by atoms with E-state index >= 15 is 0 Å². The van der Waals surface area contributed by atoms with Crippen molar-refractivity contribution in [1.29, 1.82) is 0 Å². The number of rotatable bonds is 6. The summed E-state index contributed by atoms with van der Waals surface area (Å²) in [6.07, 6.45) is -4.38. The van der Waals surface area contributed by atoms with Crippen LogP contribution in [0.1, 0.15) is 19.4 Å². The Hall–Kier alpha value is -2.25. The Labute approximate surface area is 125 Å². The molecule has 2 amide bonds. The number of carbonyl (C=O) groups excluding carboxylic acids is 2. The number of alkyl halides is 3. The SMILES string of the molecule is CC(=O)NC(C)C(=O)NCc1ccc(OCC(F)(F)F)cc1. The van der Waals surface area contributed by atoms with Crippen molar-refractivity contribution in [3.63, 3.8) is 0 Å². The molecule has 1 atom stereocenters. The Morgan fingerprint density at radius 3 is 2.32 bits per heavy atom. The van der Waals surface area contributed by atoms with Gasteiger partial charge in [0.05, 0.1) is 0 Å². The lowest BCUT2D eigenvalue weighted by Gasteiger charge is -2.13. The van der Waals surface area contributed by atoms with Gasteiger partial charge in [-0.15, -0.1) is 0 Å². The fraction of sp³-hybridized carbons (Fsp3) is 0.429. The molecule has 2 N–H and O–H groups in total. The minimum atomic E-state index is -4.38. The highest BCUT2D eigenvalue weighted by molar-refractivity contribution is 5.86. The van der Waals surface area contributed by atoms with Crippen LogP contribution in [0, 0.1) is 0 Å². The van der Waals surface area contributed by atoms with Crippen molar-refractivity contribution < 1.29 is 27.5 Å². The first-order chi connectivity index (χ1) is 10.2. The largest absolute Gasteiger partial charge is 0.484 e. The molecule has 1 rings (SSSR count). The van der Waals surface area contributed by atoms with Crippen LogP contribution < -0.4 is 15.4 Å². The third-order valence-corrected chi connectivity index (χ3v) is 2.61. The van der Waals surface area contributed by atoms with Gasteiger partial charge >= 0.3 is 6.18 Å². The fourth-order valence-electron chi connectivity index (χ4n) is 1.58. The van der Waals surface area contributed by atoms with Crippen LogP contribution in [0.3, 0.4) is 0 Å². The number of amides is 2. The first-order valence-electron chi connectivity index (χ1n) is 6.50. The molecule has 0 aliphatic rings. The van der Waals surface area contributed by atoms with E-state index < -0.39 is 18.8 Å². The summed E-state index contributed by atoms with van der Waals surface area (Å²) in [4.78, 5) is 22.5. The molecule has 8 heteroatoms. The van der Waals surface area contributed by atoms with E-state index in [1.54, 1.807) is 19.1 Å². The van der Waals surface area contributed by atoms with Crippen molar-refractivity contribution in [3.8, 4) is 5.75 Å². The van der Waals surface area contributed by atoms with Gasteiger partial charge in [0.1, 0.15) is 11.8 Å². The van der Waals surface area contributed by atoms with Crippen LogP contribution in [0.2, 0.25) is 0 Å². The second-order valence-electron chi connectivity index (χ2n) is 4.69. The van der Waals surface area contributed by atoms with Crippen LogP contribution in [0.15, 0.2) is 24.3 Å². The van der Waals surface area contributed by atoms with Crippen LogP contribution in [0.25, 0.3) is 0 Å². The van der Waals surface area contributed by atoms with Crippen molar-refractivity contribution in [2.24, 2.45) is 0 Å². The summed E-state index contributed by atoms with van der Waals surface area (Å²) in [7, 11) is 0. The van der Waals surface area contributed by atoms with Gasteiger partial charge < -0.3 is 15.4 Å². The normalized spacial score (nSPS) is 12.4. The summed E-state index contributed by atoms with van der Waals surface area (Å²) in [6.45, 7) is 1.70. The second-order valence-corrected chi connectivity index (χ2v) is 4.69. The summed E-state index contributed by atoms with van der Waals surface area (Å²) < 4.78 is 40.6. The maximum Gasteiger partial charge on any atom is 0.422 e. The molecule has 0 aliphatic carbocycles. The number of hydrogen-bond acceptors (Lipinski definition) is 3. The Balaban J connectivity index is 2.44. The molecule has 1 aromatic carbocycles. The van der Waals surface area contributed by atoms with E-state index in [-0.39, 0.29) is 24.1 Å². The molecule has 0 saturated carbocycles. The summed E-state index contributed by atoms with van der Waals surface area (Å²) in [5, 5.41) is 5.05. The zero-order valence-corrected chi connectivity index (χ0v) is 12.2. The van der Waals surface area contributed by atoms with Gasteiger partial charge in [-0.3, -0.25) is 9.59 Å². The Morgan fingerprint density at radius 2 is 1.82 bits per heavy atom. The topological polar surface area (TPSA) is 67.4 Å². The summed E-state index contributed by atoms with van der Waals surface area (Å²) in [6, 6.07) is 5.23. The number of nitrogens with one attached hydrogen (secondary N) is 2. The zero-order valence-electron chi connectivity index (χ0n) is 12.2. The van der Waals surface area contributed by atoms with Crippen molar-refractivity contribution >= 4 is 11.8 Å². The lowest BCUT2D eigenvalue weighted by molar-refractivity contribution is -0.153. The zero-order chi connectivity index (χ0) is 16.8. The van der Waals surface area contributed by atoms with E-state index in [0.29, 0.717) is 5.56 Å². The van der Waals surface area contributed by atoms with E-state index in [4.69, 9.17) is 0 Å². The molecule has 5 nitrogen and oxygen atoms in total. The number of hydrogen-bond donors (Lipinski definition) is 2. The first kappa shape index (κ1) is 17.8. The highest BCUT2D eigenvalue weighted by atomic mass is 19.4. The van der Waals surface area contributed by atoms with E-state index in [0.717, 1.165) is 0 Å². The summed E-state index contributed by atoms with van der Waals surface area (Å²) in [5.74, 6) is -0.569. The lowest BCUT2D eigenvalue weighted by atomic mass is 10.2. The minimum Gasteiger partial charge on any atom is -0.484 e. The molecule has 0 aromatic heterocycles. The minimum absolute atomic E-state index is 0.0963. The number of carbonyl (C=O) groups is 2. The van der Waals surface area contributed by atoms with Crippen molar-refractivity contribution in [2.45, 2.75) is 32.6 Å². The monoisotopic (exact) mass is 318 g/mol. The van der Waals surface area contributed by atoms with Crippen LogP contribution in [0.4, 0.5) is 13.2 Å². The van der Waals surface area contributed by atoms with E-state index in [9.17, 15) is 22.8 Å². The smallest absolute Gasteiger partial charge is 0.422 e. The first-order valence-corrected chi connectivity index (χ1v) is 6.50. The van der Waals surface area contributed by atoms with Gasteiger partial charge in [-0.25, -0.2) is 0 Å². The van der Waals surface area contributed by atoms with Crippen LogP contribution >= 0.6 is 0 Å². The van der Waals surface area contributed by atoms with Crippen LogP contribution in [-0.4, -0.2) is 30.6 Å². The van der Waals surface area contributed by atoms with Gasteiger partial charge in [-0.2, -0.15) is 13.2 Å². The standard InChI is InChI=1S/C14H17F3N2O3/c1-9(19-10(2)20)13(21)18-7-11-3-5-12(6-4-11)22-8-14(15,16)17/h3-6,9H,7-8H2,1-2H3,(H,18,21)(H,19,20). The van der Waals surface area contributed by atoms with Crippen molar-refractivity contribution in [3.05, 3.63) is 29.8 Å². The van der Waals surface area contributed by atoms with Gasteiger partial charge in [0, 0.05) is 13.5 Å². The highest BCUT2D eigenvalue weighted by Crippen LogP contribution is 2.18.